The van der Waals surface area contributed by atoms with Crippen molar-refractivity contribution in [2.45, 2.75) is 39.8 Å². The predicted molar refractivity (Wildman–Crippen MR) is 147 cm³/mol. The lowest BCUT2D eigenvalue weighted by atomic mass is 9.94. The lowest BCUT2D eigenvalue weighted by molar-refractivity contribution is -0.140. The summed E-state index contributed by atoms with van der Waals surface area (Å²) in [6, 6.07) is 12.8. The van der Waals surface area contributed by atoms with Crippen LogP contribution in [0.1, 0.15) is 50.1 Å². The molecule has 2 aliphatic heterocycles. The standard InChI is InChI=1S/C31H33NO8/c1-4-36-25-16-20(7-9-23(25)38-13-11-19(2)3)28-27(30(34)31(35)32(28)18-22-6-5-12-37-22)29(33)21-8-10-24-26(17-21)40-15-14-39-24/h5-10,12,16-17,19,28,33H,4,11,13-15,18H2,1-3H3/b29-27-. The third-order valence-corrected chi connectivity index (χ3v) is 6.80. The summed E-state index contributed by atoms with van der Waals surface area (Å²) in [4.78, 5) is 28.2. The van der Waals surface area contributed by atoms with E-state index in [0.717, 1.165) is 6.42 Å². The van der Waals surface area contributed by atoms with E-state index in [1.54, 1.807) is 48.5 Å². The first-order chi connectivity index (χ1) is 19.4. The van der Waals surface area contributed by atoms with Gasteiger partial charge >= 0.3 is 0 Å². The van der Waals surface area contributed by atoms with Crippen LogP contribution in [0.4, 0.5) is 0 Å². The van der Waals surface area contributed by atoms with Gasteiger partial charge in [0.25, 0.3) is 11.7 Å². The molecule has 2 aromatic carbocycles. The number of benzene rings is 2. The van der Waals surface area contributed by atoms with Crippen molar-refractivity contribution in [1.82, 2.24) is 4.90 Å². The molecule has 0 spiro atoms. The van der Waals surface area contributed by atoms with E-state index in [4.69, 9.17) is 23.4 Å². The molecule has 3 aromatic rings. The largest absolute Gasteiger partial charge is 0.507 e. The molecule has 9 nitrogen and oxygen atoms in total. The van der Waals surface area contributed by atoms with Gasteiger partial charge in [0.1, 0.15) is 24.7 Å². The fourth-order valence-corrected chi connectivity index (χ4v) is 4.79. The van der Waals surface area contributed by atoms with Crippen molar-refractivity contribution in [2.24, 2.45) is 5.92 Å². The van der Waals surface area contributed by atoms with Gasteiger partial charge in [0.2, 0.25) is 0 Å². The van der Waals surface area contributed by atoms with Gasteiger partial charge in [-0.2, -0.15) is 0 Å². The number of likely N-dealkylation sites (tertiary alicyclic amines) is 1. The van der Waals surface area contributed by atoms with Gasteiger partial charge in [-0.1, -0.05) is 19.9 Å². The third kappa shape index (κ3) is 5.50. The van der Waals surface area contributed by atoms with Crippen LogP contribution in [0.25, 0.3) is 5.76 Å². The molecule has 2 aliphatic rings. The highest BCUT2D eigenvalue weighted by Crippen LogP contribution is 2.44. The molecule has 1 unspecified atom stereocenters. The Morgan fingerprint density at radius 1 is 1.02 bits per heavy atom. The van der Waals surface area contributed by atoms with Crippen LogP contribution in [-0.4, -0.2) is 48.1 Å². The zero-order valence-corrected chi connectivity index (χ0v) is 22.8. The summed E-state index contributed by atoms with van der Waals surface area (Å²) < 4.78 is 28.6. The first-order valence-corrected chi connectivity index (χ1v) is 13.5. The van der Waals surface area contributed by atoms with E-state index in [9.17, 15) is 14.7 Å². The Morgan fingerprint density at radius 3 is 2.55 bits per heavy atom. The maximum atomic E-state index is 13.5. The highest BCUT2D eigenvalue weighted by atomic mass is 16.6. The van der Waals surface area contributed by atoms with Crippen LogP contribution in [0.5, 0.6) is 23.0 Å². The molecule has 1 saturated heterocycles. The number of fused-ring (bicyclic) bond motifs is 1. The molecule has 1 aromatic heterocycles. The first-order valence-electron chi connectivity index (χ1n) is 13.5. The normalized spacial score (nSPS) is 17.9. The van der Waals surface area contributed by atoms with E-state index in [1.807, 2.05) is 6.92 Å². The Bertz CT molecular complexity index is 1410. The first kappa shape index (κ1) is 27.2. The van der Waals surface area contributed by atoms with Crippen molar-refractivity contribution in [3.63, 3.8) is 0 Å². The van der Waals surface area contributed by atoms with Gasteiger partial charge in [0.05, 0.1) is 37.6 Å². The number of ether oxygens (including phenoxy) is 4. The van der Waals surface area contributed by atoms with Crippen LogP contribution in [0.2, 0.25) is 0 Å². The Hall–Kier alpha value is -4.40. The van der Waals surface area contributed by atoms with E-state index < -0.39 is 17.7 Å². The van der Waals surface area contributed by atoms with Crippen molar-refractivity contribution in [3.05, 3.63) is 77.3 Å². The predicted octanol–water partition coefficient (Wildman–Crippen LogP) is 5.50. The van der Waals surface area contributed by atoms with Gasteiger partial charge in [-0.25, -0.2) is 0 Å². The summed E-state index contributed by atoms with van der Waals surface area (Å²) in [5.74, 6) is 1.21. The van der Waals surface area contributed by atoms with E-state index in [2.05, 4.69) is 13.8 Å². The molecule has 5 rings (SSSR count). The molecule has 1 fully saturated rings. The number of nitrogens with zero attached hydrogens (tertiary/aromatic N) is 1. The molecule has 0 aliphatic carbocycles. The number of ketones is 1. The van der Waals surface area contributed by atoms with E-state index in [-0.39, 0.29) is 17.9 Å². The minimum atomic E-state index is -0.901. The van der Waals surface area contributed by atoms with Gasteiger partial charge in [0.15, 0.2) is 23.0 Å². The van der Waals surface area contributed by atoms with Gasteiger partial charge in [-0.05, 0) is 67.3 Å². The second-order valence-corrected chi connectivity index (χ2v) is 10.0. The quantitative estimate of drug-likeness (QED) is 0.202. The Balaban J connectivity index is 1.59. The summed E-state index contributed by atoms with van der Waals surface area (Å²) >= 11 is 0. The smallest absolute Gasteiger partial charge is 0.296 e. The lowest BCUT2D eigenvalue weighted by Crippen LogP contribution is -2.29. The van der Waals surface area contributed by atoms with Gasteiger partial charge < -0.3 is 33.4 Å². The van der Waals surface area contributed by atoms with Crippen molar-refractivity contribution in [1.29, 1.82) is 0 Å². The average Bonchev–Trinajstić information content (AvgIpc) is 3.55. The second kappa shape index (κ2) is 11.8. The Kier molecular flexibility index (Phi) is 8.00. The van der Waals surface area contributed by atoms with E-state index in [1.165, 1.54) is 11.2 Å². The lowest BCUT2D eigenvalue weighted by Gasteiger charge is -2.25. The maximum Gasteiger partial charge on any atom is 0.296 e. The highest BCUT2D eigenvalue weighted by Gasteiger charge is 2.46. The summed E-state index contributed by atoms with van der Waals surface area (Å²) in [5.41, 5.74) is 0.887. The summed E-state index contributed by atoms with van der Waals surface area (Å²) in [6.07, 6.45) is 2.39. The number of Topliss-reactive ketones (excluding diaryl/α,β-unsaturated/α-hetero) is 1. The van der Waals surface area contributed by atoms with Crippen molar-refractivity contribution >= 4 is 17.4 Å². The van der Waals surface area contributed by atoms with Gasteiger partial charge in [0, 0.05) is 5.56 Å². The molecule has 0 radical (unpaired) electrons. The number of hydrogen-bond acceptors (Lipinski definition) is 8. The molecule has 1 N–H and O–H groups in total. The van der Waals surface area contributed by atoms with Crippen molar-refractivity contribution < 1.29 is 38.1 Å². The minimum Gasteiger partial charge on any atom is -0.507 e. The summed E-state index contributed by atoms with van der Waals surface area (Å²) in [5, 5.41) is 11.5. The van der Waals surface area contributed by atoms with Crippen molar-refractivity contribution in [2.75, 3.05) is 26.4 Å². The second-order valence-electron chi connectivity index (χ2n) is 10.0. The molecule has 0 bridgehead atoms. The summed E-state index contributed by atoms with van der Waals surface area (Å²) in [7, 11) is 0. The van der Waals surface area contributed by atoms with Gasteiger partial charge in [-0.15, -0.1) is 0 Å². The number of furan rings is 1. The Morgan fingerprint density at radius 2 is 1.82 bits per heavy atom. The number of carbonyl (C=O) groups is 2. The fraction of sp³-hybridized carbons (Fsp3) is 0.355. The molecule has 3 heterocycles. The summed E-state index contributed by atoms with van der Waals surface area (Å²) in [6.45, 7) is 7.88. The van der Waals surface area contributed by atoms with Crippen LogP contribution < -0.4 is 18.9 Å². The molecule has 40 heavy (non-hydrogen) atoms. The molecular weight excluding hydrogens is 514 g/mol. The molecule has 210 valence electrons. The zero-order valence-electron chi connectivity index (χ0n) is 22.8. The van der Waals surface area contributed by atoms with Crippen LogP contribution in [0.3, 0.4) is 0 Å². The molecule has 0 saturated carbocycles. The van der Waals surface area contributed by atoms with E-state index >= 15 is 0 Å². The number of carbonyl (C=O) groups excluding carboxylic acids is 2. The monoisotopic (exact) mass is 547 g/mol. The minimum absolute atomic E-state index is 0.0378. The third-order valence-electron chi connectivity index (χ3n) is 6.80. The fourth-order valence-electron chi connectivity index (χ4n) is 4.79. The number of rotatable bonds is 10. The van der Waals surface area contributed by atoms with Crippen LogP contribution >= 0.6 is 0 Å². The Labute approximate surface area is 232 Å². The zero-order chi connectivity index (χ0) is 28.2. The number of amides is 1. The molecule has 1 atom stereocenters. The van der Waals surface area contributed by atoms with Crippen molar-refractivity contribution in [3.8, 4) is 23.0 Å². The van der Waals surface area contributed by atoms with Gasteiger partial charge in [-0.3, -0.25) is 9.59 Å². The number of aliphatic hydroxyl groups excluding tert-OH is 1. The van der Waals surface area contributed by atoms with Crippen LogP contribution in [0.15, 0.2) is 64.8 Å². The molecular formula is C31H33NO8. The number of hydrogen-bond donors (Lipinski definition) is 1. The van der Waals surface area contributed by atoms with Crippen LogP contribution in [-0.2, 0) is 16.1 Å². The molecule has 1 amide bonds. The van der Waals surface area contributed by atoms with Crippen LogP contribution in [0, 0.1) is 5.92 Å². The highest BCUT2D eigenvalue weighted by molar-refractivity contribution is 6.46. The van der Waals surface area contributed by atoms with E-state index in [0.29, 0.717) is 72.2 Å². The SMILES string of the molecule is CCOc1cc(C2/C(=C(/O)c3ccc4c(c3)OCCO4)C(=O)C(=O)N2Cc2ccco2)ccc1OCCC(C)C. The maximum absolute atomic E-state index is 13.5. The number of aliphatic hydroxyl groups is 1. The molecule has 9 heteroatoms. The topological polar surface area (TPSA) is 108 Å². The average molecular weight is 548 g/mol.